The van der Waals surface area contributed by atoms with Crippen LogP contribution in [0.4, 0.5) is 14.5 Å². The number of tetrazole rings is 1. The van der Waals surface area contributed by atoms with Crippen molar-refractivity contribution in [2.75, 3.05) is 11.1 Å². The first-order valence-corrected chi connectivity index (χ1v) is 9.18. The molecule has 3 rings (SSSR count). The fourth-order valence-electron chi connectivity index (χ4n) is 2.12. The smallest absolute Gasteiger partial charge is 0.234 e. The Labute approximate surface area is 160 Å². The van der Waals surface area contributed by atoms with Crippen molar-refractivity contribution in [1.82, 2.24) is 20.2 Å². The molecule has 0 bridgehead atoms. The Morgan fingerprint density at radius 3 is 2.73 bits per heavy atom. The van der Waals surface area contributed by atoms with E-state index in [9.17, 15) is 13.6 Å². The molecule has 0 aliphatic rings. The third-order valence-corrected chi connectivity index (χ3v) is 4.86. The Morgan fingerprint density at radius 2 is 2.00 bits per heavy atom. The van der Waals surface area contributed by atoms with E-state index in [0.717, 1.165) is 23.4 Å². The molecule has 2 aromatic carbocycles. The number of amides is 1. The van der Waals surface area contributed by atoms with Crippen molar-refractivity contribution in [2.24, 2.45) is 0 Å². The predicted molar refractivity (Wildman–Crippen MR) is 96.8 cm³/mol. The molecule has 0 radical (unpaired) electrons. The molecule has 0 aliphatic carbocycles. The van der Waals surface area contributed by atoms with Gasteiger partial charge in [-0.25, -0.2) is 13.5 Å². The first-order valence-electron chi connectivity index (χ1n) is 7.40. The minimum Gasteiger partial charge on any atom is -0.322 e. The van der Waals surface area contributed by atoms with Gasteiger partial charge in [-0.15, -0.1) is 5.10 Å². The highest BCUT2D eigenvalue weighted by Crippen LogP contribution is 2.27. The number of anilines is 1. The lowest BCUT2D eigenvalue weighted by atomic mass is 10.2. The molecule has 3 aromatic rings. The first kappa shape index (κ1) is 18.5. The van der Waals surface area contributed by atoms with E-state index in [4.69, 9.17) is 0 Å². The summed E-state index contributed by atoms with van der Waals surface area (Å²) in [6, 6.07) is 11.4. The number of carbonyl (C=O) groups excluding carboxylic acids is 1. The van der Waals surface area contributed by atoms with Crippen LogP contribution in [0.25, 0.3) is 0 Å². The lowest BCUT2D eigenvalue weighted by Crippen LogP contribution is -2.16. The standard InChI is InChI=1S/C16H12BrF2N5OS/c17-12-6-11(18)7-13(19)15(12)20-14(25)9-26-16-21-22-23-24(16)8-10-4-2-1-3-5-10/h1-7H,8-9H2,(H,20,25). The van der Waals surface area contributed by atoms with Crippen LogP contribution in [-0.2, 0) is 11.3 Å². The second kappa shape index (κ2) is 8.37. The Balaban J connectivity index is 1.62. The molecule has 0 unspecified atom stereocenters. The average molecular weight is 440 g/mol. The molecule has 1 amide bonds. The van der Waals surface area contributed by atoms with Crippen molar-refractivity contribution < 1.29 is 13.6 Å². The van der Waals surface area contributed by atoms with Crippen LogP contribution in [0.15, 0.2) is 52.1 Å². The highest BCUT2D eigenvalue weighted by atomic mass is 79.9. The van der Waals surface area contributed by atoms with Gasteiger partial charge in [0.25, 0.3) is 0 Å². The van der Waals surface area contributed by atoms with Gasteiger partial charge in [0.2, 0.25) is 11.1 Å². The predicted octanol–water partition coefficient (Wildman–Crippen LogP) is 3.49. The number of thioether (sulfide) groups is 1. The van der Waals surface area contributed by atoms with Gasteiger partial charge in [0.15, 0.2) is 5.82 Å². The Bertz CT molecular complexity index is 899. The van der Waals surface area contributed by atoms with Crippen LogP contribution in [0, 0.1) is 11.6 Å². The van der Waals surface area contributed by atoms with Gasteiger partial charge in [0, 0.05) is 10.5 Å². The number of halogens is 3. The SMILES string of the molecule is O=C(CSc1nnnn1Cc1ccccc1)Nc1c(F)cc(F)cc1Br. The number of nitrogens with one attached hydrogen (secondary N) is 1. The number of carbonyl (C=O) groups is 1. The third kappa shape index (κ3) is 4.64. The zero-order chi connectivity index (χ0) is 18.5. The molecule has 1 heterocycles. The minimum atomic E-state index is -0.857. The summed E-state index contributed by atoms with van der Waals surface area (Å²) in [6.07, 6.45) is 0. The second-order valence-electron chi connectivity index (χ2n) is 5.19. The number of hydrogen-bond acceptors (Lipinski definition) is 5. The van der Waals surface area contributed by atoms with Gasteiger partial charge in [0.05, 0.1) is 18.0 Å². The summed E-state index contributed by atoms with van der Waals surface area (Å²) in [4.78, 5) is 12.1. The minimum absolute atomic E-state index is 0.0293. The molecule has 10 heteroatoms. The summed E-state index contributed by atoms with van der Waals surface area (Å²) in [5.41, 5.74) is 0.907. The molecule has 26 heavy (non-hydrogen) atoms. The van der Waals surface area contributed by atoms with Gasteiger partial charge < -0.3 is 5.32 Å². The Morgan fingerprint density at radius 1 is 1.23 bits per heavy atom. The summed E-state index contributed by atoms with van der Waals surface area (Å²) >= 11 is 4.15. The van der Waals surface area contributed by atoms with Crippen LogP contribution in [0.2, 0.25) is 0 Å². The van der Waals surface area contributed by atoms with Crippen molar-refractivity contribution >= 4 is 39.3 Å². The summed E-state index contributed by atoms with van der Waals surface area (Å²) in [5, 5.41) is 14.3. The summed E-state index contributed by atoms with van der Waals surface area (Å²) < 4.78 is 28.6. The molecular formula is C16H12BrF2N5OS. The van der Waals surface area contributed by atoms with Crippen molar-refractivity contribution in [3.8, 4) is 0 Å². The average Bonchev–Trinajstić information content (AvgIpc) is 3.04. The van der Waals surface area contributed by atoms with Crippen molar-refractivity contribution in [1.29, 1.82) is 0 Å². The van der Waals surface area contributed by atoms with E-state index in [0.29, 0.717) is 17.8 Å². The first-order chi connectivity index (χ1) is 12.5. The van der Waals surface area contributed by atoms with Gasteiger partial charge in [-0.1, -0.05) is 42.1 Å². The lowest BCUT2D eigenvalue weighted by molar-refractivity contribution is -0.113. The fourth-order valence-corrected chi connectivity index (χ4v) is 3.31. The zero-order valence-corrected chi connectivity index (χ0v) is 15.6. The topological polar surface area (TPSA) is 72.7 Å². The quantitative estimate of drug-likeness (QED) is 0.595. The van der Waals surface area contributed by atoms with Gasteiger partial charge in [-0.3, -0.25) is 4.79 Å². The highest BCUT2D eigenvalue weighted by molar-refractivity contribution is 9.10. The molecule has 0 saturated heterocycles. The number of nitrogens with zero attached hydrogens (tertiary/aromatic N) is 4. The molecule has 0 saturated carbocycles. The van der Waals surface area contributed by atoms with E-state index in [2.05, 4.69) is 36.8 Å². The summed E-state index contributed by atoms with van der Waals surface area (Å²) in [5.74, 6) is -2.08. The van der Waals surface area contributed by atoms with Crippen molar-refractivity contribution in [2.45, 2.75) is 11.7 Å². The number of hydrogen-bond donors (Lipinski definition) is 1. The number of rotatable bonds is 6. The number of benzene rings is 2. The molecule has 1 N–H and O–H groups in total. The normalized spacial score (nSPS) is 10.7. The number of aromatic nitrogens is 4. The van der Waals surface area contributed by atoms with Crippen LogP contribution < -0.4 is 5.32 Å². The molecule has 0 spiro atoms. The van der Waals surface area contributed by atoms with E-state index in [1.165, 1.54) is 0 Å². The van der Waals surface area contributed by atoms with Gasteiger partial charge >= 0.3 is 0 Å². The molecule has 0 fully saturated rings. The van der Waals surface area contributed by atoms with E-state index in [1.54, 1.807) is 4.68 Å². The molecular weight excluding hydrogens is 428 g/mol. The van der Waals surface area contributed by atoms with Crippen LogP contribution >= 0.6 is 27.7 Å². The zero-order valence-electron chi connectivity index (χ0n) is 13.2. The Hall–Kier alpha value is -2.33. The fraction of sp³-hybridized carbons (Fsp3) is 0.125. The molecule has 0 atom stereocenters. The highest BCUT2D eigenvalue weighted by Gasteiger charge is 2.15. The Kier molecular flexibility index (Phi) is 5.94. The van der Waals surface area contributed by atoms with E-state index in [1.807, 2.05) is 30.3 Å². The summed E-state index contributed by atoms with van der Waals surface area (Å²) in [6.45, 7) is 0.468. The van der Waals surface area contributed by atoms with Crippen molar-refractivity contribution in [3.05, 3.63) is 64.1 Å². The van der Waals surface area contributed by atoms with E-state index in [-0.39, 0.29) is 15.9 Å². The van der Waals surface area contributed by atoms with Crippen LogP contribution in [0.3, 0.4) is 0 Å². The van der Waals surface area contributed by atoms with Crippen LogP contribution in [0.1, 0.15) is 5.56 Å². The summed E-state index contributed by atoms with van der Waals surface area (Å²) in [7, 11) is 0. The van der Waals surface area contributed by atoms with Gasteiger partial charge in [0.1, 0.15) is 5.82 Å². The lowest BCUT2D eigenvalue weighted by Gasteiger charge is -2.09. The van der Waals surface area contributed by atoms with Gasteiger partial charge in [-0.05, 0) is 38.0 Å². The second-order valence-corrected chi connectivity index (χ2v) is 6.98. The van der Waals surface area contributed by atoms with Crippen LogP contribution in [-0.4, -0.2) is 31.9 Å². The van der Waals surface area contributed by atoms with E-state index >= 15 is 0 Å². The van der Waals surface area contributed by atoms with Crippen molar-refractivity contribution in [3.63, 3.8) is 0 Å². The molecule has 6 nitrogen and oxygen atoms in total. The monoisotopic (exact) mass is 439 g/mol. The molecule has 1 aromatic heterocycles. The maximum Gasteiger partial charge on any atom is 0.234 e. The van der Waals surface area contributed by atoms with Crippen LogP contribution in [0.5, 0.6) is 0 Å². The molecule has 134 valence electrons. The molecule has 0 aliphatic heterocycles. The largest absolute Gasteiger partial charge is 0.322 e. The van der Waals surface area contributed by atoms with Gasteiger partial charge in [-0.2, -0.15) is 0 Å². The maximum absolute atomic E-state index is 13.8. The maximum atomic E-state index is 13.8. The van der Waals surface area contributed by atoms with E-state index < -0.39 is 17.5 Å². The third-order valence-electron chi connectivity index (χ3n) is 3.28.